The van der Waals surface area contributed by atoms with Crippen LogP contribution in [0.4, 0.5) is 24.8 Å². The zero-order chi connectivity index (χ0) is 34.3. The lowest BCUT2D eigenvalue weighted by molar-refractivity contribution is 0.0696. The molecule has 0 aliphatic rings. The molecule has 3 heterocycles. The summed E-state index contributed by atoms with van der Waals surface area (Å²) in [5, 5.41) is 21.5. The van der Waals surface area contributed by atoms with Crippen molar-refractivity contribution < 1.29 is 23.1 Å². The van der Waals surface area contributed by atoms with Gasteiger partial charge in [0.15, 0.2) is 17.5 Å². The normalized spacial score (nSPS) is 10.9. The highest BCUT2D eigenvalue weighted by molar-refractivity contribution is 6.34. The highest BCUT2D eigenvalue weighted by Gasteiger charge is 2.21. The molecule has 0 atom stereocenters. The van der Waals surface area contributed by atoms with E-state index in [0.29, 0.717) is 38.7 Å². The van der Waals surface area contributed by atoms with E-state index >= 15 is 0 Å². The van der Waals surface area contributed by atoms with Gasteiger partial charge in [-0.3, -0.25) is 9.25 Å². The number of benzene rings is 3. The molecule has 0 aliphatic carbocycles. The summed E-state index contributed by atoms with van der Waals surface area (Å²) in [5.74, 6) is -5.39. The lowest BCUT2D eigenvalue weighted by Gasteiger charge is -2.18. The van der Waals surface area contributed by atoms with Crippen LogP contribution in [0.1, 0.15) is 32.9 Å². The SMILES string of the molecule is Cl.Cl.Cn1cc2c(CN)c(Nc3nc(=O)n(Cc4ncn(Cc5cccc(C(=O)O)c5)n4)c(=O)n3Cc3cc(F)c(F)cc3F)c(Cl)cc2n1. The van der Waals surface area contributed by atoms with Gasteiger partial charge < -0.3 is 16.2 Å². The van der Waals surface area contributed by atoms with Gasteiger partial charge in [0.25, 0.3) is 0 Å². The van der Waals surface area contributed by atoms with E-state index in [0.717, 1.165) is 4.57 Å². The molecule has 0 bridgehead atoms. The van der Waals surface area contributed by atoms with E-state index in [9.17, 15) is 32.7 Å². The van der Waals surface area contributed by atoms with Gasteiger partial charge in [0, 0.05) is 42.4 Å². The molecule has 14 nitrogen and oxygen atoms in total. The Morgan fingerprint density at radius 2 is 1.72 bits per heavy atom. The van der Waals surface area contributed by atoms with E-state index in [1.807, 2.05) is 0 Å². The first-order valence-electron chi connectivity index (χ1n) is 14.1. The Morgan fingerprint density at radius 1 is 0.980 bits per heavy atom. The van der Waals surface area contributed by atoms with Gasteiger partial charge in [-0.15, -0.1) is 24.8 Å². The molecule has 0 spiro atoms. The van der Waals surface area contributed by atoms with Gasteiger partial charge in [-0.25, -0.2) is 41.8 Å². The Kier molecular flexibility index (Phi) is 11.4. The van der Waals surface area contributed by atoms with Crippen molar-refractivity contribution in [2.45, 2.75) is 26.2 Å². The molecule has 50 heavy (non-hydrogen) atoms. The highest BCUT2D eigenvalue weighted by atomic mass is 35.5. The average molecular weight is 754 g/mol. The van der Waals surface area contributed by atoms with E-state index in [1.165, 1.54) is 29.2 Å². The van der Waals surface area contributed by atoms with E-state index in [4.69, 9.17) is 17.3 Å². The number of anilines is 2. The lowest BCUT2D eigenvalue weighted by Crippen LogP contribution is -2.43. The molecule has 4 N–H and O–H groups in total. The Hall–Kier alpha value is -5.23. The smallest absolute Gasteiger partial charge is 0.355 e. The van der Waals surface area contributed by atoms with Crippen molar-refractivity contribution in [1.29, 1.82) is 0 Å². The predicted octanol–water partition coefficient (Wildman–Crippen LogP) is 3.84. The minimum Gasteiger partial charge on any atom is -0.478 e. The number of fused-ring (bicyclic) bond motifs is 1. The van der Waals surface area contributed by atoms with Crippen molar-refractivity contribution >= 4 is 64.9 Å². The third-order valence-corrected chi connectivity index (χ3v) is 7.70. The molecule has 0 amide bonds. The number of hydrogen-bond acceptors (Lipinski definition) is 9. The number of carboxylic acid groups (broad SMARTS) is 1. The van der Waals surface area contributed by atoms with E-state index in [1.54, 1.807) is 30.1 Å². The Morgan fingerprint density at radius 3 is 2.44 bits per heavy atom. The molecule has 6 rings (SSSR count). The fourth-order valence-electron chi connectivity index (χ4n) is 5.15. The van der Waals surface area contributed by atoms with Gasteiger partial charge in [-0.05, 0) is 29.8 Å². The summed E-state index contributed by atoms with van der Waals surface area (Å²) in [6.07, 6.45) is 3.03. The van der Waals surface area contributed by atoms with Gasteiger partial charge in [-0.2, -0.15) is 15.2 Å². The molecule has 0 saturated heterocycles. The molecule has 0 fully saturated rings. The van der Waals surface area contributed by atoms with E-state index in [2.05, 4.69) is 25.5 Å². The van der Waals surface area contributed by atoms with Crippen LogP contribution in [-0.2, 0) is 33.2 Å². The first kappa shape index (κ1) is 37.6. The summed E-state index contributed by atoms with van der Waals surface area (Å²) in [5.41, 5.74) is 5.45. The molecular formula is C30H26Cl3F3N10O4. The number of halogens is 6. The maximum Gasteiger partial charge on any atom is 0.355 e. The second kappa shape index (κ2) is 15.1. The largest absolute Gasteiger partial charge is 0.478 e. The van der Waals surface area contributed by atoms with Crippen LogP contribution < -0.4 is 22.4 Å². The van der Waals surface area contributed by atoms with E-state index < -0.39 is 53.5 Å². The molecule has 20 heteroatoms. The topological polar surface area (TPSA) is 181 Å². The van der Waals surface area contributed by atoms with Gasteiger partial charge >= 0.3 is 17.3 Å². The van der Waals surface area contributed by atoms with Crippen LogP contribution in [0.15, 0.2) is 64.6 Å². The Bertz CT molecular complexity index is 2360. The number of aromatic carboxylic acids is 1. The average Bonchev–Trinajstić information content (AvgIpc) is 3.64. The lowest BCUT2D eigenvalue weighted by atomic mass is 10.1. The summed E-state index contributed by atoms with van der Waals surface area (Å²) in [4.78, 5) is 46.7. The Balaban J connectivity index is 0.00000281. The number of carboxylic acids is 1. The van der Waals surface area contributed by atoms with Crippen LogP contribution >= 0.6 is 36.4 Å². The number of rotatable bonds is 10. The first-order chi connectivity index (χ1) is 22.9. The predicted molar refractivity (Wildman–Crippen MR) is 181 cm³/mol. The van der Waals surface area contributed by atoms with Crippen molar-refractivity contribution in [1.82, 2.24) is 38.7 Å². The van der Waals surface area contributed by atoms with Crippen LogP contribution in [0.25, 0.3) is 10.9 Å². The number of nitrogens with two attached hydrogens (primary N) is 1. The zero-order valence-electron chi connectivity index (χ0n) is 25.7. The third kappa shape index (κ3) is 7.50. The summed E-state index contributed by atoms with van der Waals surface area (Å²) in [6, 6.07) is 8.65. The van der Waals surface area contributed by atoms with Crippen LogP contribution in [-0.4, -0.2) is 49.7 Å². The number of nitrogens with zero attached hydrogens (tertiary/aromatic N) is 8. The number of nitrogens with one attached hydrogen (secondary N) is 1. The molecule has 3 aromatic carbocycles. The molecule has 0 aliphatic heterocycles. The van der Waals surface area contributed by atoms with Gasteiger partial charge in [0.05, 0.1) is 41.4 Å². The second-order valence-electron chi connectivity index (χ2n) is 10.7. The van der Waals surface area contributed by atoms with Crippen molar-refractivity contribution in [3.8, 4) is 0 Å². The fourth-order valence-corrected chi connectivity index (χ4v) is 5.41. The molecule has 0 saturated carbocycles. The summed E-state index contributed by atoms with van der Waals surface area (Å²) >= 11 is 6.56. The Labute approximate surface area is 296 Å². The number of hydrogen-bond donors (Lipinski definition) is 3. The quantitative estimate of drug-likeness (QED) is 0.174. The van der Waals surface area contributed by atoms with Crippen LogP contribution in [0, 0.1) is 17.5 Å². The zero-order valence-corrected chi connectivity index (χ0v) is 28.1. The summed E-state index contributed by atoms with van der Waals surface area (Å²) in [7, 11) is 1.70. The standard InChI is InChI=1S/C30H24ClF3N10O4.2ClH/c1-41-12-19-18(9-35)26(20(31)7-24(19)39-41)37-28-38-29(47)44(30(48)43(28)11-17-6-22(33)23(34)8-21(17)32)13-25-36-14-42(40-25)10-15-3-2-4-16(5-15)27(45)46;;/h2-8,12,14H,9-11,13,35H2,1H3,(H,45,46)(H,37,38,47);2*1H. The fraction of sp³-hybridized carbons (Fsp3) is 0.167. The van der Waals surface area contributed by atoms with Crippen LogP contribution in [0.3, 0.4) is 0 Å². The van der Waals surface area contributed by atoms with Gasteiger partial charge in [-0.1, -0.05) is 23.7 Å². The molecule has 262 valence electrons. The van der Waals surface area contributed by atoms with Crippen molar-refractivity contribution in [3.05, 3.63) is 127 Å². The van der Waals surface area contributed by atoms with Crippen LogP contribution in [0.5, 0.6) is 0 Å². The first-order valence-corrected chi connectivity index (χ1v) is 14.5. The molecule has 6 aromatic rings. The maximum atomic E-state index is 14.8. The van der Waals surface area contributed by atoms with Crippen molar-refractivity contribution in [3.63, 3.8) is 0 Å². The molecule has 0 unspecified atom stereocenters. The second-order valence-corrected chi connectivity index (χ2v) is 11.1. The molecule has 3 aromatic heterocycles. The van der Waals surface area contributed by atoms with Crippen molar-refractivity contribution in [2.75, 3.05) is 5.32 Å². The van der Waals surface area contributed by atoms with Gasteiger partial charge in [0.2, 0.25) is 5.95 Å². The van der Waals surface area contributed by atoms with Gasteiger partial charge in [0.1, 0.15) is 12.1 Å². The maximum absolute atomic E-state index is 14.8. The molecular weight excluding hydrogens is 728 g/mol. The minimum atomic E-state index is -1.43. The number of aryl methyl sites for hydroxylation is 1. The minimum absolute atomic E-state index is 0. The molecule has 0 radical (unpaired) electrons. The van der Waals surface area contributed by atoms with Crippen molar-refractivity contribution in [2.24, 2.45) is 12.8 Å². The van der Waals surface area contributed by atoms with Crippen LogP contribution in [0.2, 0.25) is 5.02 Å². The summed E-state index contributed by atoms with van der Waals surface area (Å²) in [6.45, 7) is -1.05. The third-order valence-electron chi connectivity index (χ3n) is 7.40. The monoisotopic (exact) mass is 752 g/mol. The van der Waals surface area contributed by atoms with E-state index in [-0.39, 0.29) is 65.9 Å². The summed E-state index contributed by atoms with van der Waals surface area (Å²) < 4.78 is 47.2. The number of aromatic nitrogens is 8. The number of carbonyl (C=O) groups is 1. The highest BCUT2D eigenvalue weighted by Crippen LogP contribution is 2.34.